The smallest absolute Gasteiger partial charge is 0.164 e. The Morgan fingerprint density at radius 2 is 1.33 bits per heavy atom. The Morgan fingerprint density at radius 1 is 0.655 bits per heavy atom. The number of allylic oxidation sites excluding steroid dienone is 5. The van der Waals surface area contributed by atoms with E-state index in [4.69, 9.17) is 19.9 Å². The lowest BCUT2D eigenvalue weighted by atomic mass is 9.73. The van der Waals surface area contributed by atoms with Crippen molar-refractivity contribution >= 4 is 33.9 Å². The van der Waals surface area contributed by atoms with Gasteiger partial charge in [-0.2, -0.15) is 0 Å². The summed E-state index contributed by atoms with van der Waals surface area (Å²) in [5.41, 5.74) is 13.7. The molecule has 8 aromatic rings. The molecule has 0 spiro atoms. The van der Waals surface area contributed by atoms with E-state index in [1.165, 1.54) is 33.5 Å². The molecule has 11 rings (SSSR count). The third-order valence-corrected chi connectivity index (χ3v) is 12.1. The molecule has 6 heteroatoms. The fourth-order valence-corrected chi connectivity index (χ4v) is 9.22. The minimum atomic E-state index is -0.207. The average molecular weight is 749 g/mol. The lowest BCUT2D eigenvalue weighted by Crippen LogP contribution is -2.31. The van der Waals surface area contributed by atoms with E-state index in [2.05, 4.69) is 181 Å². The van der Waals surface area contributed by atoms with Gasteiger partial charge in [0.1, 0.15) is 5.82 Å². The van der Waals surface area contributed by atoms with Gasteiger partial charge in [-0.15, -0.1) is 0 Å². The van der Waals surface area contributed by atoms with Crippen LogP contribution < -0.4 is 4.90 Å². The summed E-state index contributed by atoms with van der Waals surface area (Å²) in [5.74, 6) is 3.20. The van der Waals surface area contributed by atoms with Crippen LogP contribution in [0.1, 0.15) is 42.9 Å². The first-order chi connectivity index (χ1) is 28.5. The van der Waals surface area contributed by atoms with Crippen molar-refractivity contribution in [1.29, 1.82) is 0 Å². The van der Waals surface area contributed by atoms with Gasteiger partial charge in [-0.3, -0.25) is 4.57 Å². The highest BCUT2D eigenvalue weighted by Gasteiger charge is 2.47. The van der Waals surface area contributed by atoms with E-state index >= 15 is 0 Å². The zero-order valence-corrected chi connectivity index (χ0v) is 32.4. The van der Waals surface area contributed by atoms with Gasteiger partial charge in [0.15, 0.2) is 17.5 Å². The maximum atomic E-state index is 5.16. The number of anilines is 2. The maximum absolute atomic E-state index is 5.16. The molecule has 0 radical (unpaired) electrons. The minimum Gasteiger partial charge on any atom is -0.313 e. The Morgan fingerprint density at radius 3 is 2.14 bits per heavy atom. The number of pyridine rings is 1. The van der Waals surface area contributed by atoms with Crippen LogP contribution in [0.3, 0.4) is 0 Å². The number of hydrogen-bond acceptors (Lipinski definition) is 5. The van der Waals surface area contributed by atoms with Gasteiger partial charge in [-0.1, -0.05) is 134 Å². The van der Waals surface area contributed by atoms with Gasteiger partial charge < -0.3 is 4.90 Å². The quantitative estimate of drug-likeness (QED) is 0.169. The zero-order chi connectivity index (χ0) is 38.8. The molecule has 2 aliphatic carbocycles. The molecule has 3 aromatic heterocycles. The first-order valence-corrected chi connectivity index (χ1v) is 20.1. The van der Waals surface area contributed by atoms with Gasteiger partial charge >= 0.3 is 0 Å². The molecule has 5 aromatic carbocycles. The van der Waals surface area contributed by atoms with Crippen LogP contribution in [0.4, 0.5) is 11.4 Å². The van der Waals surface area contributed by atoms with Gasteiger partial charge in [0, 0.05) is 45.2 Å². The maximum Gasteiger partial charge on any atom is 0.164 e. The molecule has 278 valence electrons. The Hall–Kier alpha value is -7.18. The molecular formula is C52H40N6. The predicted octanol–water partition coefficient (Wildman–Crippen LogP) is 12.2. The SMILES string of the molecule is CC1C=CC=C(c2nc(-c3ccc(-c4ccccc4)cc3)nc(-c3ccnc(-n4c5c(c6ccccc64)CC4(C)C(=C5)N(c5ccccc5)c5ccccc54)c3)n2)C1. The molecule has 2 atom stereocenters. The van der Waals surface area contributed by atoms with Crippen LogP contribution in [-0.4, -0.2) is 24.5 Å². The van der Waals surface area contributed by atoms with Crippen LogP contribution in [-0.2, 0) is 11.8 Å². The summed E-state index contributed by atoms with van der Waals surface area (Å²) in [6.45, 7) is 4.63. The van der Waals surface area contributed by atoms with E-state index in [1.54, 1.807) is 0 Å². The summed E-state index contributed by atoms with van der Waals surface area (Å²) in [6.07, 6.45) is 12.5. The zero-order valence-electron chi connectivity index (χ0n) is 32.4. The second-order valence-electron chi connectivity index (χ2n) is 15.9. The van der Waals surface area contributed by atoms with Crippen molar-refractivity contribution in [2.45, 2.75) is 32.1 Å². The number of aromatic nitrogens is 5. The Kier molecular flexibility index (Phi) is 7.93. The van der Waals surface area contributed by atoms with E-state index in [9.17, 15) is 0 Å². The molecule has 1 aliphatic heterocycles. The molecule has 0 saturated heterocycles. The van der Waals surface area contributed by atoms with Crippen LogP contribution in [0, 0.1) is 5.92 Å². The van der Waals surface area contributed by atoms with Crippen LogP contribution in [0.25, 0.3) is 62.3 Å². The van der Waals surface area contributed by atoms with Crippen molar-refractivity contribution in [3.8, 4) is 39.7 Å². The van der Waals surface area contributed by atoms with Crippen molar-refractivity contribution in [2.75, 3.05) is 4.90 Å². The molecule has 0 bridgehead atoms. The summed E-state index contributed by atoms with van der Waals surface area (Å²) >= 11 is 0. The first-order valence-electron chi connectivity index (χ1n) is 20.1. The standard InChI is InChI=1S/C52H40N6/c1-34-14-13-17-38(30-34)50-54-49(37-26-24-36(25-27-37)35-15-5-3-6-16-35)55-51(56-50)39-28-29-53-48(31-39)58-44-22-11-9-20-41(44)42-33-52(2)43-21-10-12-23-45(43)57(47(52)32-46(42)58)40-18-7-4-8-19-40/h3-29,31-32,34H,30,33H2,1-2H3. The van der Waals surface area contributed by atoms with E-state index in [0.29, 0.717) is 23.4 Å². The summed E-state index contributed by atoms with van der Waals surface area (Å²) < 4.78 is 2.33. The highest BCUT2D eigenvalue weighted by Crippen LogP contribution is 2.56. The molecule has 0 amide bonds. The largest absolute Gasteiger partial charge is 0.313 e. The lowest BCUT2D eigenvalue weighted by molar-refractivity contribution is 0.567. The minimum absolute atomic E-state index is 0.207. The van der Waals surface area contributed by atoms with Crippen LogP contribution in [0.5, 0.6) is 0 Å². The molecular weight excluding hydrogens is 709 g/mol. The van der Waals surface area contributed by atoms with Gasteiger partial charge in [0.25, 0.3) is 0 Å². The van der Waals surface area contributed by atoms with E-state index in [1.807, 2.05) is 18.3 Å². The van der Waals surface area contributed by atoms with Crippen molar-refractivity contribution in [1.82, 2.24) is 24.5 Å². The average Bonchev–Trinajstić information content (AvgIpc) is 3.73. The summed E-state index contributed by atoms with van der Waals surface area (Å²) in [7, 11) is 0. The third-order valence-electron chi connectivity index (χ3n) is 12.1. The molecule has 58 heavy (non-hydrogen) atoms. The van der Waals surface area contributed by atoms with E-state index < -0.39 is 0 Å². The first kappa shape index (κ1) is 34.1. The molecule has 0 fully saturated rings. The number of para-hydroxylation sites is 3. The second-order valence-corrected chi connectivity index (χ2v) is 15.9. The normalized spacial score (nSPS) is 18.0. The van der Waals surface area contributed by atoms with Crippen LogP contribution in [0.15, 0.2) is 176 Å². The van der Waals surface area contributed by atoms with Crippen molar-refractivity contribution in [3.63, 3.8) is 0 Å². The lowest BCUT2D eigenvalue weighted by Gasteiger charge is -2.34. The molecule has 4 heterocycles. The second kappa shape index (κ2) is 13.5. The fraction of sp³-hybridized carbons (Fsp3) is 0.115. The van der Waals surface area contributed by atoms with Crippen LogP contribution in [0.2, 0.25) is 0 Å². The molecule has 2 unspecified atom stereocenters. The Bertz CT molecular complexity index is 2980. The topological polar surface area (TPSA) is 59.7 Å². The van der Waals surface area contributed by atoms with Crippen molar-refractivity contribution < 1.29 is 0 Å². The van der Waals surface area contributed by atoms with E-state index in [-0.39, 0.29) is 5.41 Å². The summed E-state index contributed by atoms with van der Waals surface area (Å²) in [5, 5.41) is 1.24. The molecule has 6 nitrogen and oxygen atoms in total. The predicted molar refractivity (Wildman–Crippen MR) is 236 cm³/mol. The Labute approximate surface area is 338 Å². The number of fused-ring (bicyclic) bond motifs is 6. The highest BCUT2D eigenvalue weighted by atomic mass is 15.2. The highest BCUT2D eigenvalue weighted by molar-refractivity contribution is 5.94. The Balaban J connectivity index is 1.06. The number of rotatable bonds is 6. The summed E-state index contributed by atoms with van der Waals surface area (Å²) in [4.78, 5) is 22.9. The van der Waals surface area contributed by atoms with Crippen molar-refractivity contribution in [2.24, 2.45) is 5.92 Å². The molecule has 0 N–H and O–H groups in total. The third kappa shape index (κ3) is 5.55. The number of hydrogen-bond donors (Lipinski definition) is 0. The van der Waals surface area contributed by atoms with Gasteiger partial charge in [0.2, 0.25) is 0 Å². The summed E-state index contributed by atoms with van der Waals surface area (Å²) in [6, 6.07) is 51.4. The van der Waals surface area contributed by atoms with Gasteiger partial charge in [-0.25, -0.2) is 19.9 Å². The van der Waals surface area contributed by atoms with Crippen molar-refractivity contribution in [3.05, 3.63) is 198 Å². The fourth-order valence-electron chi connectivity index (χ4n) is 9.22. The van der Waals surface area contributed by atoms with Gasteiger partial charge in [-0.05, 0) is 96.0 Å². The van der Waals surface area contributed by atoms with Crippen LogP contribution >= 0.6 is 0 Å². The molecule has 3 aliphatic rings. The monoisotopic (exact) mass is 748 g/mol. The van der Waals surface area contributed by atoms with Gasteiger partial charge in [0.05, 0.1) is 11.2 Å². The number of nitrogens with zero attached hydrogens (tertiary/aromatic N) is 6. The van der Waals surface area contributed by atoms with E-state index in [0.717, 1.165) is 57.8 Å². The molecule has 0 saturated carbocycles. The number of benzene rings is 5.